The van der Waals surface area contributed by atoms with Crippen LogP contribution in [0.1, 0.15) is 5.56 Å². The van der Waals surface area contributed by atoms with E-state index in [1.807, 2.05) is 42.5 Å². The number of aromatic amines is 1. The molecule has 5 rings (SSSR count). The van der Waals surface area contributed by atoms with Gasteiger partial charge in [-0.05, 0) is 52.2 Å². The van der Waals surface area contributed by atoms with Gasteiger partial charge in [-0.2, -0.15) is 5.26 Å². The van der Waals surface area contributed by atoms with Gasteiger partial charge in [0.05, 0.1) is 23.7 Å². The number of hydrogen-bond donors (Lipinski definition) is 1. The molecular formula is C25H17N3O. The third-order valence-corrected chi connectivity index (χ3v) is 5.18. The Kier molecular flexibility index (Phi) is 4.00. The van der Waals surface area contributed by atoms with Gasteiger partial charge in [0.15, 0.2) is 0 Å². The van der Waals surface area contributed by atoms with E-state index >= 15 is 0 Å². The van der Waals surface area contributed by atoms with Gasteiger partial charge in [-0.3, -0.25) is 0 Å². The maximum Gasteiger partial charge on any atom is 0.139 e. The van der Waals surface area contributed by atoms with Crippen LogP contribution in [0.3, 0.4) is 0 Å². The van der Waals surface area contributed by atoms with Crippen molar-refractivity contribution in [3.8, 4) is 34.3 Å². The molecule has 0 aliphatic rings. The van der Waals surface area contributed by atoms with Crippen molar-refractivity contribution in [2.45, 2.75) is 0 Å². The number of benzene rings is 4. The van der Waals surface area contributed by atoms with E-state index in [9.17, 15) is 5.26 Å². The Morgan fingerprint density at radius 3 is 2.55 bits per heavy atom. The van der Waals surface area contributed by atoms with Crippen molar-refractivity contribution < 1.29 is 4.74 Å². The molecule has 0 atom stereocenters. The van der Waals surface area contributed by atoms with Crippen molar-refractivity contribution in [2.75, 3.05) is 7.11 Å². The first-order chi connectivity index (χ1) is 14.3. The van der Waals surface area contributed by atoms with Crippen LogP contribution in [0, 0.1) is 11.3 Å². The van der Waals surface area contributed by atoms with Gasteiger partial charge in [-0.15, -0.1) is 0 Å². The molecule has 0 aliphatic heterocycles. The van der Waals surface area contributed by atoms with Crippen LogP contribution in [0.4, 0.5) is 0 Å². The molecule has 0 aliphatic carbocycles. The van der Waals surface area contributed by atoms with Gasteiger partial charge >= 0.3 is 0 Å². The summed E-state index contributed by atoms with van der Waals surface area (Å²) in [5.74, 6) is 1.45. The standard InChI is InChI=1S/C25H17N3O/c1-29-24-14-17(9-10-19(24)15-26)16-11-12-20-18(13-16)5-4-6-21(20)25-27-22-7-2-3-8-23(22)28-25/h2-14H,1H3,(H,27,28). The molecule has 0 radical (unpaired) electrons. The van der Waals surface area contributed by atoms with Crippen LogP contribution < -0.4 is 4.74 Å². The predicted molar refractivity (Wildman–Crippen MR) is 116 cm³/mol. The van der Waals surface area contributed by atoms with Gasteiger partial charge < -0.3 is 9.72 Å². The summed E-state index contributed by atoms with van der Waals surface area (Å²) in [6, 6.07) is 28.5. The molecular weight excluding hydrogens is 358 g/mol. The summed E-state index contributed by atoms with van der Waals surface area (Å²) in [7, 11) is 1.58. The van der Waals surface area contributed by atoms with E-state index < -0.39 is 0 Å². The van der Waals surface area contributed by atoms with Crippen molar-refractivity contribution in [1.82, 2.24) is 9.97 Å². The molecule has 0 saturated heterocycles. The summed E-state index contributed by atoms with van der Waals surface area (Å²) >= 11 is 0. The smallest absolute Gasteiger partial charge is 0.139 e. The number of nitriles is 1. The number of imidazole rings is 1. The Balaban J connectivity index is 1.63. The lowest BCUT2D eigenvalue weighted by atomic mass is 9.97. The molecule has 29 heavy (non-hydrogen) atoms. The Morgan fingerprint density at radius 2 is 1.72 bits per heavy atom. The SMILES string of the molecule is COc1cc(-c2ccc3c(-c4nc5ccccc5[nH]4)cccc3c2)ccc1C#N. The third kappa shape index (κ3) is 2.90. The number of aromatic nitrogens is 2. The van der Waals surface area contributed by atoms with E-state index in [0.29, 0.717) is 11.3 Å². The second kappa shape index (κ2) is 6.81. The van der Waals surface area contributed by atoms with Crippen LogP contribution in [0.5, 0.6) is 5.75 Å². The van der Waals surface area contributed by atoms with E-state index in [-0.39, 0.29) is 0 Å². The summed E-state index contributed by atoms with van der Waals surface area (Å²) < 4.78 is 5.36. The van der Waals surface area contributed by atoms with Gasteiger partial charge in [0.25, 0.3) is 0 Å². The van der Waals surface area contributed by atoms with Crippen molar-refractivity contribution in [1.29, 1.82) is 5.26 Å². The minimum absolute atomic E-state index is 0.532. The zero-order valence-corrected chi connectivity index (χ0v) is 15.8. The Bertz CT molecular complexity index is 1380. The van der Waals surface area contributed by atoms with E-state index in [4.69, 9.17) is 9.72 Å². The van der Waals surface area contributed by atoms with Crippen LogP contribution in [0.15, 0.2) is 78.9 Å². The summed E-state index contributed by atoms with van der Waals surface area (Å²) in [6.07, 6.45) is 0. The van der Waals surface area contributed by atoms with E-state index in [1.54, 1.807) is 13.2 Å². The van der Waals surface area contributed by atoms with Gasteiger partial charge in [-0.25, -0.2) is 4.98 Å². The second-order valence-corrected chi connectivity index (χ2v) is 6.87. The van der Waals surface area contributed by atoms with E-state index in [1.165, 1.54) is 0 Å². The maximum atomic E-state index is 9.20. The Morgan fingerprint density at radius 1 is 0.897 bits per heavy atom. The quantitative estimate of drug-likeness (QED) is 0.425. The van der Waals surface area contributed by atoms with Gasteiger partial charge in [0, 0.05) is 5.56 Å². The minimum atomic E-state index is 0.532. The zero-order valence-electron chi connectivity index (χ0n) is 15.8. The lowest BCUT2D eigenvalue weighted by molar-refractivity contribution is 0.413. The van der Waals surface area contributed by atoms with Gasteiger partial charge in [0.2, 0.25) is 0 Å². The molecule has 0 saturated carbocycles. The minimum Gasteiger partial charge on any atom is -0.495 e. The molecule has 4 heteroatoms. The molecule has 1 aromatic heterocycles. The van der Waals surface area contributed by atoms with Crippen LogP contribution >= 0.6 is 0 Å². The summed E-state index contributed by atoms with van der Waals surface area (Å²) in [6.45, 7) is 0. The molecule has 0 amide bonds. The van der Waals surface area contributed by atoms with E-state index in [2.05, 4.69) is 41.4 Å². The zero-order chi connectivity index (χ0) is 19.8. The van der Waals surface area contributed by atoms with Gasteiger partial charge in [-0.1, -0.05) is 48.5 Å². The number of para-hydroxylation sites is 2. The van der Waals surface area contributed by atoms with Gasteiger partial charge in [0.1, 0.15) is 17.6 Å². The Hall–Kier alpha value is -4.10. The first kappa shape index (κ1) is 17.0. The number of hydrogen-bond acceptors (Lipinski definition) is 3. The number of nitrogens with one attached hydrogen (secondary N) is 1. The molecule has 138 valence electrons. The first-order valence-corrected chi connectivity index (χ1v) is 9.33. The number of fused-ring (bicyclic) bond motifs is 2. The molecule has 0 spiro atoms. The number of ether oxygens (including phenoxy) is 1. The van der Waals surface area contributed by atoms with Crippen molar-refractivity contribution in [3.05, 3.63) is 84.4 Å². The molecule has 0 bridgehead atoms. The maximum absolute atomic E-state index is 9.20. The molecule has 4 nitrogen and oxygen atoms in total. The number of H-pyrrole nitrogens is 1. The highest BCUT2D eigenvalue weighted by Gasteiger charge is 2.11. The second-order valence-electron chi connectivity index (χ2n) is 6.87. The highest BCUT2D eigenvalue weighted by Crippen LogP contribution is 2.33. The van der Waals surface area contributed by atoms with Crippen molar-refractivity contribution in [2.24, 2.45) is 0 Å². The average Bonchev–Trinajstić information content (AvgIpc) is 3.22. The topological polar surface area (TPSA) is 61.7 Å². The molecule has 4 aromatic carbocycles. The summed E-state index contributed by atoms with van der Waals surface area (Å²) in [4.78, 5) is 8.17. The summed E-state index contributed by atoms with van der Waals surface area (Å²) in [5, 5.41) is 11.5. The number of methoxy groups -OCH3 is 1. The van der Waals surface area contributed by atoms with Crippen LogP contribution in [-0.2, 0) is 0 Å². The highest BCUT2D eigenvalue weighted by atomic mass is 16.5. The molecule has 5 aromatic rings. The largest absolute Gasteiger partial charge is 0.495 e. The monoisotopic (exact) mass is 375 g/mol. The van der Waals surface area contributed by atoms with E-state index in [0.717, 1.165) is 44.3 Å². The lowest BCUT2D eigenvalue weighted by Gasteiger charge is -2.09. The Labute approximate surface area is 168 Å². The van der Waals surface area contributed by atoms with Crippen LogP contribution in [0.25, 0.3) is 44.3 Å². The lowest BCUT2D eigenvalue weighted by Crippen LogP contribution is -1.89. The fraction of sp³-hybridized carbons (Fsp3) is 0.0400. The normalized spacial score (nSPS) is 10.9. The fourth-order valence-corrected chi connectivity index (χ4v) is 3.71. The highest BCUT2D eigenvalue weighted by molar-refractivity contribution is 5.98. The summed E-state index contributed by atoms with van der Waals surface area (Å²) in [5.41, 5.74) is 5.67. The molecule has 1 N–H and O–H groups in total. The van der Waals surface area contributed by atoms with Crippen LogP contribution in [0.2, 0.25) is 0 Å². The first-order valence-electron chi connectivity index (χ1n) is 9.33. The fourth-order valence-electron chi connectivity index (χ4n) is 3.71. The predicted octanol–water partition coefficient (Wildman–Crippen LogP) is 5.93. The van der Waals surface area contributed by atoms with Crippen molar-refractivity contribution in [3.63, 3.8) is 0 Å². The average molecular weight is 375 g/mol. The molecule has 0 fully saturated rings. The third-order valence-electron chi connectivity index (χ3n) is 5.18. The number of nitrogens with zero attached hydrogens (tertiary/aromatic N) is 2. The number of rotatable bonds is 3. The van der Waals surface area contributed by atoms with Crippen LogP contribution in [-0.4, -0.2) is 17.1 Å². The molecule has 0 unspecified atom stereocenters. The molecule has 1 heterocycles. The van der Waals surface area contributed by atoms with Crippen molar-refractivity contribution >= 4 is 21.8 Å².